The van der Waals surface area contributed by atoms with Gasteiger partial charge in [0, 0.05) is 11.0 Å². The molecule has 6 nitrogen and oxygen atoms in total. The summed E-state index contributed by atoms with van der Waals surface area (Å²) in [6.07, 6.45) is 3.05. The molecule has 0 radical (unpaired) electrons. The number of rotatable bonds is 6. The average molecular weight is 404 g/mol. The van der Waals surface area contributed by atoms with E-state index in [1.54, 1.807) is 6.08 Å². The molecule has 0 saturated carbocycles. The fourth-order valence-electron chi connectivity index (χ4n) is 2.12. The molecule has 0 saturated heterocycles. The molecule has 0 spiro atoms. The highest BCUT2D eigenvalue weighted by Crippen LogP contribution is 2.25. The fourth-order valence-corrected chi connectivity index (χ4v) is 2.89. The number of nitrogens with one attached hydrogen (secondary N) is 3. The van der Waals surface area contributed by atoms with Gasteiger partial charge in [0.25, 0.3) is 5.91 Å². The zero-order chi connectivity index (χ0) is 19.6. The molecule has 0 fully saturated rings. The SMILES string of the molecule is CC(C)c1ccccc1OCC(=O)NNC(=S)NC(=O)/C=C/c1cccs1. The first-order chi connectivity index (χ1) is 13.0. The number of ether oxygens (including phenoxy) is 1. The summed E-state index contributed by atoms with van der Waals surface area (Å²) in [4.78, 5) is 24.6. The van der Waals surface area contributed by atoms with Crippen LogP contribution in [0.1, 0.15) is 30.2 Å². The maximum atomic E-state index is 11.9. The Bertz CT molecular complexity index is 817. The lowest BCUT2D eigenvalue weighted by atomic mass is 10.0. The highest BCUT2D eigenvalue weighted by Gasteiger charge is 2.09. The van der Waals surface area contributed by atoms with Crippen LogP contribution in [0.5, 0.6) is 5.75 Å². The summed E-state index contributed by atoms with van der Waals surface area (Å²) in [6.45, 7) is 3.93. The summed E-state index contributed by atoms with van der Waals surface area (Å²) >= 11 is 6.48. The highest BCUT2D eigenvalue weighted by atomic mass is 32.1. The molecule has 0 aliphatic heterocycles. The molecule has 1 aromatic carbocycles. The molecule has 3 N–H and O–H groups in total. The number of hydrogen-bond donors (Lipinski definition) is 3. The molecule has 0 atom stereocenters. The summed E-state index contributed by atoms with van der Waals surface area (Å²) in [5.74, 6) is 0.140. The number of carbonyl (C=O) groups excluding carboxylic acids is 2. The summed E-state index contributed by atoms with van der Waals surface area (Å²) < 4.78 is 5.56. The standard InChI is InChI=1S/C19H21N3O3S2/c1-13(2)15-7-3-4-8-16(15)25-12-18(24)21-22-19(26)20-17(23)10-9-14-6-5-11-27-14/h3-11,13H,12H2,1-2H3,(H,21,24)(H2,20,22,23,26)/b10-9+. The zero-order valence-electron chi connectivity index (χ0n) is 15.0. The van der Waals surface area contributed by atoms with E-state index in [1.165, 1.54) is 17.4 Å². The highest BCUT2D eigenvalue weighted by molar-refractivity contribution is 7.80. The predicted molar refractivity (Wildman–Crippen MR) is 111 cm³/mol. The van der Waals surface area contributed by atoms with Crippen molar-refractivity contribution in [2.75, 3.05) is 6.61 Å². The van der Waals surface area contributed by atoms with Gasteiger partial charge in [-0.15, -0.1) is 11.3 Å². The third-order valence-corrected chi connectivity index (χ3v) is 4.44. The van der Waals surface area contributed by atoms with Crippen molar-refractivity contribution in [2.45, 2.75) is 19.8 Å². The summed E-state index contributed by atoms with van der Waals surface area (Å²) in [5, 5.41) is 4.35. The molecule has 2 aromatic rings. The van der Waals surface area contributed by atoms with E-state index in [0.717, 1.165) is 10.4 Å². The number of amides is 2. The van der Waals surface area contributed by atoms with Gasteiger partial charge < -0.3 is 4.74 Å². The van der Waals surface area contributed by atoms with Gasteiger partial charge in [-0.3, -0.25) is 25.8 Å². The molecule has 8 heteroatoms. The van der Waals surface area contributed by atoms with E-state index in [9.17, 15) is 9.59 Å². The molecule has 142 valence electrons. The van der Waals surface area contributed by atoms with Crippen molar-refractivity contribution >= 4 is 46.6 Å². The number of carbonyl (C=O) groups is 2. The monoisotopic (exact) mass is 403 g/mol. The smallest absolute Gasteiger partial charge is 0.276 e. The van der Waals surface area contributed by atoms with Gasteiger partial charge in [0.15, 0.2) is 11.7 Å². The first-order valence-electron chi connectivity index (χ1n) is 8.29. The van der Waals surface area contributed by atoms with E-state index < -0.39 is 11.8 Å². The lowest BCUT2D eigenvalue weighted by Gasteiger charge is -2.14. The third kappa shape index (κ3) is 7.20. The van der Waals surface area contributed by atoms with E-state index in [2.05, 4.69) is 30.0 Å². The average Bonchev–Trinajstić information content (AvgIpc) is 3.17. The minimum Gasteiger partial charge on any atom is -0.483 e. The van der Waals surface area contributed by atoms with Gasteiger partial charge in [0.05, 0.1) is 0 Å². The molecule has 0 bridgehead atoms. The molecular formula is C19H21N3O3S2. The normalized spacial score (nSPS) is 10.6. The van der Waals surface area contributed by atoms with Crippen LogP contribution in [0.2, 0.25) is 0 Å². The minimum absolute atomic E-state index is 0.00763. The van der Waals surface area contributed by atoms with Crippen LogP contribution in [-0.2, 0) is 9.59 Å². The lowest BCUT2D eigenvalue weighted by Crippen LogP contribution is -2.49. The summed E-state index contributed by atoms with van der Waals surface area (Å²) in [7, 11) is 0. The maximum Gasteiger partial charge on any atom is 0.276 e. The zero-order valence-corrected chi connectivity index (χ0v) is 16.7. The predicted octanol–water partition coefficient (Wildman–Crippen LogP) is 2.99. The molecule has 0 aliphatic rings. The molecular weight excluding hydrogens is 382 g/mol. The van der Waals surface area contributed by atoms with E-state index in [0.29, 0.717) is 5.75 Å². The van der Waals surface area contributed by atoms with E-state index >= 15 is 0 Å². The largest absolute Gasteiger partial charge is 0.483 e. The summed E-state index contributed by atoms with van der Waals surface area (Å²) in [6, 6.07) is 11.4. The fraction of sp³-hybridized carbons (Fsp3) is 0.211. The van der Waals surface area contributed by atoms with Gasteiger partial charge in [0.2, 0.25) is 5.91 Å². The number of benzene rings is 1. The first-order valence-corrected chi connectivity index (χ1v) is 9.57. The quantitative estimate of drug-likeness (QED) is 0.393. The van der Waals surface area contributed by atoms with Crippen LogP contribution >= 0.6 is 23.6 Å². The second-order valence-corrected chi connectivity index (χ2v) is 7.21. The Balaban J connectivity index is 1.72. The van der Waals surface area contributed by atoms with Crippen LogP contribution < -0.4 is 20.9 Å². The molecule has 1 heterocycles. The Morgan fingerprint density at radius 3 is 2.67 bits per heavy atom. The second-order valence-electron chi connectivity index (χ2n) is 5.82. The molecule has 2 rings (SSSR count). The molecule has 1 aromatic heterocycles. The van der Waals surface area contributed by atoms with Gasteiger partial charge >= 0.3 is 0 Å². The number of thiophene rings is 1. The Morgan fingerprint density at radius 1 is 1.19 bits per heavy atom. The number of hydrazine groups is 1. The Hall–Kier alpha value is -2.71. The number of para-hydroxylation sites is 1. The van der Waals surface area contributed by atoms with Crippen molar-refractivity contribution in [3.05, 3.63) is 58.3 Å². The first kappa shape index (κ1) is 20.6. The van der Waals surface area contributed by atoms with Crippen molar-refractivity contribution in [3.63, 3.8) is 0 Å². The summed E-state index contributed by atoms with van der Waals surface area (Å²) in [5.41, 5.74) is 5.88. The van der Waals surface area contributed by atoms with Crippen LogP contribution in [0.4, 0.5) is 0 Å². The van der Waals surface area contributed by atoms with Gasteiger partial charge in [-0.05, 0) is 47.3 Å². The molecule has 0 aliphatic carbocycles. The van der Waals surface area contributed by atoms with Crippen molar-refractivity contribution in [1.82, 2.24) is 16.2 Å². The van der Waals surface area contributed by atoms with Crippen LogP contribution in [0.3, 0.4) is 0 Å². The Morgan fingerprint density at radius 2 is 1.96 bits per heavy atom. The second kappa shape index (κ2) is 10.4. The topological polar surface area (TPSA) is 79.5 Å². The van der Waals surface area contributed by atoms with Gasteiger partial charge in [0.1, 0.15) is 5.75 Å². The van der Waals surface area contributed by atoms with Crippen LogP contribution in [-0.4, -0.2) is 23.5 Å². The number of hydrogen-bond acceptors (Lipinski definition) is 5. The van der Waals surface area contributed by atoms with Crippen molar-refractivity contribution in [2.24, 2.45) is 0 Å². The maximum absolute atomic E-state index is 11.9. The van der Waals surface area contributed by atoms with Crippen LogP contribution in [0.15, 0.2) is 47.9 Å². The Kier molecular flexibility index (Phi) is 7.97. The van der Waals surface area contributed by atoms with Gasteiger partial charge in [-0.2, -0.15) is 0 Å². The minimum atomic E-state index is -0.417. The van der Waals surface area contributed by atoms with Gasteiger partial charge in [-0.1, -0.05) is 38.1 Å². The van der Waals surface area contributed by atoms with Crippen LogP contribution in [0, 0.1) is 0 Å². The number of thiocarbonyl (C=S) groups is 1. The van der Waals surface area contributed by atoms with Gasteiger partial charge in [-0.25, -0.2) is 0 Å². The Labute approximate surface area is 167 Å². The van der Waals surface area contributed by atoms with E-state index in [1.807, 2.05) is 41.8 Å². The van der Waals surface area contributed by atoms with Crippen molar-refractivity contribution < 1.29 is 14.3 Å². The van der Waals surface area contributed by atoms with Crippen LogP contribution in [0.25, 0.3) is 6.08 Å². The molecule has 0 unspecified atom stereocenters. The van der Waals surface area contributed by atoms with E-state index in [-0.39, 0.29) is 17.6 Å². The molecule has 27 heavy (non-hydrogen) atoms. The lowest BCUT2D eigenvalue weighted by molar-refractivity contribution is -0.123. The molecule has 2 amide bonds. The third-order valence-electron chi connectivity index (χ3n) is 3.39. The van der Waals surface area contributed by atoms with Crippen molar-refractivity contribution in [1.29, 1.82) is 0 Å². The van der Waals surface area contributed by atoms with E-state index in [4.69, 9.17) is 17.0 Å². The van der Waals surface area contributed by atoms with Crippen molar-refractivity contribution in [3.8, 4) is 5.75 Å².